The molecule has 0 unspecified atom stereocenters. The quantitative estimate of drug-likeness (QED) is 0.518. The molecule has 1 aliphatic rings. The Hall–Kier alpha value is -3.12. The van der Waals surface area contributed by atoms with Gasteiger partial charge in [0.1, 0.15) is 17.5 Å². The van der Waals surface area contributed by atoms with Gasteiger partial charge in [0.2, 0.25) is 0 Å². The molecule has 1 saturated heterocycles. The van der Waals surface area contributed by atoms with Gasteiger partial charge in [-0.3, -0.25) is 10.1 Å². The molecule has 3 aromatic heterocycles. The van der Waals surface area contributed by atoms with E-state index in [1.54, 1.807) is 6.20 Å². The second-order valence-corrected chi connectivity index (χ2v) is 6.91. The molecule has 5 rings (SSSR count). The fraction of sp³-hybridized carbons (Fsp3) is 0.238. The van der Waals surface area contributed by atoms with Crippen LogP contribution in [0, 0.1) is 0 Å². The van der Waals surface area contributed by atoms with E-state index in [-0.39, 0.29) is 6.10 Å². The highest BCUT2D eigenvalue weighted by molar-refractivity contribution is 5.85. The molecular weight excluding hydrogens is 338 g/mol. The third-order valence-corrected chi connectivity index (χ3v) is 5.00. The molecule has 136 valence electrons. The fourth-order valence-electron chi connectivity index (χ4n) is 3.56. The number of hydrogen-bond acceptors (Lipinski definition) is 4. The van der Waals surface area contributed by atoms with Crippen molar-refractivity contribution < 1.29 is 4.74 Å². The third-order valence-electron chi connectivity index (χ3n) is 5.00. The smallest absolute Gasteiger partial charge is 0.138 e. The minimum atomic E-state index is 0.256. The average molecular weight is 359 g/mol. The first-order chi connectivity index (χ1) is 13.3. The monoisotopic (exact) mass is 359 g/mol. The van der Waals surface area contributed by atoms with Crippen LogP contribution in [0.25, 0.3) is 33.5 Å². The van der Waals surface area contributed by atoms with Crippen LogP contribution in [0.5, 0.6) is 5.75 Å². The first-order valence-corrected chi connectivity index (χ1v) is 9.31. The van der Waals surface area contributed by atoms with Gasteiger partial charge >= 0.3 is 0 Å². The highest BCUT2D eigenvalue weighted by Crippen LogP contribution is 2.28. The Balaban J connectivity index is 1.39. The van der Waals surface area contributed by atoms with Crippen LogP contribution in [0.3, 0.4) is 0 Å². The number of benzene rings is 1. The van der Waals surface area contributed by atoms with Gasteiger partial charge in [-0.15, -0.1) is 0 Å². The molecule has 3 N–H and O–H groups in total. The summed E-state index contributed by atoms with van der Waals surface area (Å²) in [5.74, 6) is 0.807. The number of aromatic amines is 2. The molecule has 0 aliphatic carbocycles. The number of pyridine rings is 1. The van der Waals surface area contributed by atoms with E-state index in [2.05, 4.69) is 43.7 Å². The van der Waals surface area contributed by atoms with E-state index in [0.717, 1.165) is 59.8 Å². The van der Waals surface area contributed by atoms with E-state index in [1.165, 1.54) is 5.39 Å². The summed E-state index contributed by atoms with van der Waals surface area (Å²) in [6.45, 7) is 2.01. The second-order valence-electron chi connectivity index (χ2n) is 6.91. The lowest BCUT2D eigenvalue weighted by molar-refractivity contribution is 0.162. The molecule has 6 nitrogen and oxygen atoms in total. The number of H-pyrrole nitrogens is 2. The van der Waals surface area contributed by atoms with Crippen molar-refractivity contribution in [2.75, 3.05) is 13.1 Å². The van der Waals surface area contributed by atoms with E-state index < -0.39 is 0 Å². The first kappa shape index (κ1) is 16.1. The van der Waals surface area contributed by atoms with E-state index in [9.17, 15) is 0 Å². The van der Waals surface area contributed by atoms with Crippen molar-refractivity contribution >= 4 is 10.9 Å². The lowest BCUT2D eigenvalue weighted by Gasteiger charge is -2.23. The largest absolute Gasteiger partial charge is 0.489 e. The van der Waals surface area contributed by atoms with Gasteiger partial charge in [-0.05, 0) is 50.2 Å². The Kier molecular flexibility index (Phi) is 4.10. The van der Waals surface area contributed by atoms with Gasteiger partial charge in [0.05, 0.1) is 17.6 Å². The van der Waals surface area contributed by atoms with Gasteiger partial charge in [0, 0.05) is 22.7 Å². The van der Waals surface area contributed by atoms with Gasteiger partial charge in [0.15, 0.2) is 0 Å². The van der Waals surface area contributed by atoms with Crippen LogP contribution in [0.15, 0.2) is 54.9 Å². The lowest BCUT2D eigenvalue weighted by atomic mass is 10.1. The Morgan fingerprint density at radius 3 is 2.74 bits per heavy atom. The van der Waals surface area contributed by atoms with Gasteiger partial charge in [-0.1, -0.05) is 18.2 Å². The average Bonchev–Trinajstić information content (AvgIpc) is 3.36. The van der Waals surface area contributed by atoms with Gasteiger partial charge < -0.3 is 15.0 Å². The van der Waals surface area contributed by atoms with Crippen molar-refractivity contribution in [1.82, 2.24) is 25.5 Å². The number of rotatable bonds is 4. The number of hydrogen-bond donors (Lipinski definition) is 3. The van der Waals surface area contributed by atoms with E-state index >= 15 is 0 Å². The zero-order valence-electron chi connectivity index (χ0n) is 14.9. The second kappa shape index (κ2) is 6.89. The zero-order valence-corrected chi connectivity index (χ0v) is 14.9. The number of piperidine rings is 1. The standard InChI is InChI=1S/C21H21N5O/c1-2-4-18-14(3-1)10-20(24-18)21-11-19(25-26-21)15-9-17(13-23-12-15)27-16-5-7-22-8-6-16/h1-4,9-13,16,22,24H,5-8H2,(H,25,26). The van der Waals surface area contributed by atoms with Crippen LogP contribution < -0.4 is 10.1 Å². The molecule has 6 heteroatoms. The number of ether oxygens (including phenoxy) is 1. The first-order valence-electron chi connectivity index (χ1n) is 9.31. The summed E-state index contributed by atoms with van der Waals surface area (Å²) in [6, 6.07) is 14.4. The summed E-state index contributed by atoms with van der Waals surface area (Å²) in [4.78, 5) is 7.76. The molecule has 1 aliphatic heterocycles. The minimum absolute atomic E-state index is 0.256. The number of fused-ring (bicyclic) bond motifs is 1. The minimum Gasteiger partial charge on any atom is -0.489 e. The Labute approximate surface area is 157 Å². The van der Waals surface area contributed by atoms with Crippen molar-refractivity contribution in [3.05, 3.63) is 54.9 Å². The predicted octanol–water partition coefficient (Wildman–Crippen LogP) is 3.75. The normalized spacial score (nSPS) is 15.3. The zero-order chi connectivity index (χ0) is 18.1. The molecule has 1 aromatic carbocycles. The van der Waals surface area contributed by atoms with Crippen LogP contribution in [0.1, 0.15) is 12.8 Å². The van der Waals surface area contributed by atoms with Crippen molar-refractivity contribution in [3.8, 4) is 28.4 Å². The maximum atomic E-state index is 6.11. The number of nitrogens with zero attached hydrogens (tertiary/aromatic N) is 2. The summed E-state index contributed by atoms with van der Waals surface area (Å²) in [7, 11) is 0. The highest BCUT2D eigenvalue weighted by Gasteiger charge is 2.15. The Morgan fingerprint density at radius 2 is 1.85 bits per heavy atom. The molecule has 0 atom stereocenters. The molecule has 4 aromatic rings. The molecule has 0 amide bonds. The van der Waals surface area contributed by atoms with Crippen LogP contribution in [-0.2, 0) is 0 Å². The SMILES string of the molecule is c1ccc2[nH]c(-c3cc(-c4cncc(OC5CCNCC5)c4)[nH]n3)cc2c1. The van der Waals surface area contributed by atoms with Crippen LogP contribution in [0.4, 0.5) is 0 Å². The lowest BCUT2D eigenvalue weighted by Crippen LogP contribution is -2.34. The van der Waals surface area contributed by atoms with Crippen molar-refractivity contribution in [2.45, 2.75) is 18.9 Å². The number of aromatic nitrogens is 4. The van der Waals surface area contributed by atoms with E-state index in [4.69, 9.17) is 4.74 Å². The Bertz CT molecular complexity index is 1030. The molecule has 4 heterocycles. The topological polar surface area (TPSA) is 78.6 Å². The van der Waals surface area contributed by atoms with E-state index in [1.807, 2.05) is 30.5 Å². The molecule has 0 radical (unpaired) electrons. The van der Waals surface area contributed by atoms with Crippen molar-refractivity contribution in [1.29, 1.82) is 0 Å². The summed E-state index contributed by atoms with van der Waals surface area (Å²) < 4.78 is 6.11. The van der Waals surface area contributed by atoms with Gasteiger partial charge in [0.25, 0.3) is 0 Å². The molecule has 1 fully saturated rings. The molecular formula is C21H21N5O. The van der Waals surface area contributed by atoms with Gasteiger partial charge in [-0.2, -0.15) is 5.10 Å². The molecule has 0 bridgehead atoms. The molecule has 0 spiro atoms. The number of para-hydroxylation sites is 1. The summed E-state index contributed by atoms with van der Waals surface area (Å²) in [5, 5.41) is 12.1. The summed E-state index contributed by atoms with van der Waals surface area (Å²) in [6.07, 6.45) is 5.92. The number of nitrogens with one attached hydrogen (secondary N) is 3. The molecule has 0 saturated carbocycles. The Morgan fingerprint density at radius 1 is 0.963 bits per heavy atom. The van der Waals surface area contributed by atoms with Crippen molar-refractivity contribution in [3.63, 3.8) is 0 Å². The van der Waals surface area contributed by atoms with Crippen LogP contribution in [0.2, 0.25) is 0 Å². The van der Waals surface area contributed by atoms with Crippen LogP contribution in [-0.4, -0.2) is 39.4 Å². The van der Waals surface area contributed by atoms with Crippen LogP contribution >= 0.6 is 0 Å². The predicted molar refractivity (Wildman–Crippen MR) is 106 cm³/mol. The summed E-state index contributed by atoms with van der Waals surface area (Å²) >= 11 is 0. The third kappa shape index (κ3) is 3.31. The maximum absolute atomic E-state index is 6.11. The fourth-order valence-corrected chi connectivity index (χ4v) is 3.56. The highest BCUT2D eigenvalue weighted by atomic mass is 16.5. The summed E-state index contributed by atoms with van der Waals surface area (Å²) in [5.41, 5.74) is 4.87. The van der Waals surface area contributed by atoms with E-state index in [0.29, 0.717) is 0 Å². The van der Waals surface area contributed by atoms with Gasteiger partial charge in [-0.25, -0.2) is 0 Å². The maximum Gasteiger partial charge on any atom is 0.138 e. The van der Waals surface area contributed by atoms with Crippen molar-refractivity contribution in [2.24, 2.45) is 0 Å². The molecule has 27 heavy (non-hydrogen) atoms.